The number of methoxy groups -OCH3 is 1. The summed E-state index contributed by atoms with van der Waals surface area (Å²) in [5, 5.41) is 22.8. The van der Waals surface area contributed by atoms with E-state index in [9.17, 15) is 25.0 Å². The summed E-state index contributed by atoms with van der Waals surface area (Å²) in [7, 11) is 1.38. The van der Waals surface area contributed by atoms with Gasteiger partial charge < -0.3 is 14.8 Å². The molecule has 2 aromatic rings. The van der Waals surface area contributed by atoms with Crippen LogP contribution in [0.4, 0.5) is 5.69 Å². The van der Waals surface area contributed by atoms with Crippen molar-refractivity contribution in [1.29, 1.82) is 5.26 Å². The molecular weight excluding hydrogens is 402 g/mol. The largest absolute Gasteiger partial charge is 0.493 e. The van der Waals surface area contributed by atoms with Crippen molar-refractivity contribution in [3.8, 4) is 17.6 Å². The number of amides is 1. The van der Waals surface area contributed by atoms with Gasteiger partial charge in [0.2, 0.25) is 0 Å². The van der Waals surface area contributed by atoms with E-state index in [4.69, 9.17) is 9.47 Å². The molecule has 2 rings (SSSR count). The number of rotatable bonds is 8. The summed E-state index contributed by atoms with van der Waals surface area (Å²) >= 11 is 0. The van der Waals surface area contributed by atoms with Crippen LogP contribution in [-0.4, -0.2) is 30.5 Å². The van der Waals surface area contributed by atoms with Crippen LogP contribution in [0.3, 0.4) is 0 Å². The normalized spacial score (nSPS) is 10.7. The third kappa shape index (κ3) is 5.90. The molecule has 9 nitrogen and oxygen atoms in total. The van der Waals surface area contributed by atoms with Crippen molar-refractivity contribution in [1.82, 2.24) is 5.32 Å². The maximum absolute atomic E-state index is 12.5. The van der Waals surface area contributed by atoms with Crippen LogP contribution in [0.1, 0.15) is 34.8 Å². The van der Waals surface area contributed by atoms with Crippen molar-refractivity contribution < 1.29 is 24.0 Å². The van der Waals surface area contributed by atoms with Crippen molar-refractivity contribution in [2.24, 2.45) is 0 Å². The number of carbonyl (C=O) groups excluding carboxylic acids is 2. The molecule has 1 N–H and O–H groups in total. The zero-order valence-corrected chi connectivity index (χ0v) is 17.3. The second kappa shape index (κ2) is 10.5. The summed E-state index contributed by atoms with van der Waals surface area (Å²) in [6.07, 6.45) is 2.14. The van der Waals surface area contributed by atoms with Gasteiger partial charge in [-0.15, -0.1) is 0 Å². The van der Waals surface area contributed by atoms with Crippen molar-refractivity contribution in [2.75, 3.05) is 13.7 Å². The number of esters is 1. The highest BCUT2D eigenvalue weighted by Crippen LogP contribution is 2.30. The molecule has 31 heavy (non-hydrogen) atoms. The summed E-state index contributed by atoms with van der Waals surface area (Å²) in [5.41, 5.74) is 0.819. The quantitative estimate of drug-likeness (QED) is 0.171. The fourth-order valence-corrected chi connectivity index (χ4v) is 2.65. The molecule has 0 aromatic heterocycles. The van der Waals surface area contributed by atoms with Crippen LogP contribution in [0.25, 0.3) is 6.08 Å². The molecule has 0 aliphatic heterocycles. The minimum absolute atomic E-state index is 0.0680. The van der Waals surface area contributed by atoms with Crippen LogP contribution in [-0.2, 0) is 4.79 Å². The molecule has 0 radical (unpaired) electrons. The van der Waals surface area contributed by atoms with Gasteiger partial charge in [-0.1, -0.05) is 13.0 Å². The van der Waals surface area contributed by atoms with Gasteiger partial charge in [-0.2, -0.15) is 5.26 Å². The molecule has 0 unspecified atom stereocenters. The first-order valence-electron chi connectivity index (χ1n) is 9.36. The van der Waals surface area contributed by atoms with Crippen LogP contribution in [0.2, 0.25) is 0 Å². The maximum Gasteiger partial charge on any atom is 0.343 e. The van der Waals surface area contributed by atoms with Gasteiger partial charge in [-0.3, -0.25) is 14.9 Å². The van der Waals surface area contributed by atoms with Gasteiger partial charge in [0.05, 0.1) is 17.6 Å². The second-order valence-corrected chi connectivity index (χ2v) is 6.48. The number of ether oxygens (including phenoxy) is 2. The van der Waals surface area contributed by atoms with Crippen LogP contribution in [0, 0.1) is 28.4 Å². The SMILES string of the molecule is CCCNC(=O)/C(C#N)=C/c1ccc(OC(=O)c2ccc([N+](=O)[O-])c(C)c2)c(OC)c1. The van der Waals surface area contributed by atoms with E-state index in [1.165, 1.54) is 50.4 Å². The van der Waals surface area contributed by atoms with Crippen LogP contribution >= 0.6 is 0 Å². The number of hydrogen-bond donors (Lipinski definition) is 1. The molecule has 0 heterocycles. The number of nitrogens with zero attached hydrogens (tertiary/aromatic N) is 2. The van der Waals surface area contributed by atoms with E-state index in [0.717, 1.165) is 6.42 Å². The van der Waals surface area contributed by atoms with E-state index in [2.05, 4.69) is 5.32 Å². The number of nitro groups is 1. The molecule has 0 aliphatic carbocycles. The molecule has 0 saturated carbocycles. The van der Waals surface area contributed by atoms with E-state index in [1.54, 1.807) is 6.07 Å². The summed E-state index contributed by atoms with van der Waals surface area (Å²) < 4.78 is 10.6. The van der Waals surface area contributed by atoms with E-state index >= 15 is 0 Å². The first-order valence-corrected chi connectivity index (χ1v) is 9.36. The van der Waals surface area contributed by atoms with Gasteiger partial charge in [0, 0.05) is 18.2 Å². The fourth-order valence-electron chi connectivity index (χ4n) is 2.65. The number of hydrogen-bond acceptors (Lipinski definition) is 7. The van der Waals surface area contributed by atoms with Crippen LogP contribution in [0.5, 0.6) is 11.5 Å². The Kier molecular flexibility index (Phi) is 7.86. The van der Waals surface area contributed by atoms with E-state index in [1.807, 2.05) is 13.0 Å². The molecular formula is C22H21N3O6. The first kappa shape index (κ1) is 23.1. The molecule has 0 fully saturated rings. The lowest BCUT2D eigenvalue weighted by Crippen LogP contribution is -2.25. The molecule has 1 amide bonds. The minimum Gasteiger partial charge on any atom is -0.493 e. The number of carbonyl (C=O) groups is 2. The van der Waals surface area contributed by atoms with E-state index in [-0.39, 0.29) is 28.3 Å². The summed E-state index contributed by atoms with van der Waals surface area (Å²) in [5.74, 6) is -0.856. The number of aryl methyl sites for hydroxylation is 1. The Bertz CT molecular complexity index is 1090. The first-order chi connectivity index (χ1) is 14.8. The van der Waals surface area contributed by atoms with Gasteiger partial charge in [0.1, 0.15) is 11.6 Å². The highest BCUT2D eigenvalue weighted by atomic mass is 16.6. The van der Waals surface area contributed by atoms with Gasteiger partial charge in [0.15, 0.2) is 11.5 Å². The zero-order chi connectivity index (χ0) is 23.0. The molecule has 0 atom stereocenters. The molecule has 0 aliphatic rings. The van der Waals surface area contributed by atoms with Crippen molar-refractivity contribution in [2.45, 2.75) is 20.3 Å². The van der Waals surface area contributed by atoms with E-state index < -0.39 is 16.8 Å². The zero-order valence-electron chi connectivity index (χ0n) is 17.3. The Morgan fingerprint density at radius 3 is 2.55 bits per heavy atom. The standard InChI is InChI=1S/C22H21N3O6/c1-4-9-24-21(26)17(13-23)11-15-5-8-19(20(12-15)30-3)31-22(27)16-6-7-18(25(28)29)14(2)10-16/h5-8,10-12H,4,9H2,1-3H3,(H,24,26)/b17-11+. The van der Waals surface area contributed by atoms with E-state index in [0.29, 0.717) is 17.7 Å². The Labute approximate surface area is 179 Å². The maximum atomic E-state index is 12.5. The highest BCUT2D eigenvalue weighted by molar-refractivity contribution is 6.01. The number of benzene rings is 2. The molecule has 0 spiro atoms. The lowest BCUT2D eigenvalue weighted by Gasteiger charge is -2.10. The predicted molar refractivity (Wildman–Crippen MR) is 113 cm³/mol. The molecule has 2 aromatic carbocycles. The average Bonchev–Trinajstić information content (AvgIpc) is 2.76. The van der Waals surface area contributed by atoms with Crippen molar-refractivity contribution in [3.05, 3.63) is 68.8 Å². The van der Waals surface area contributed by atoms with Crippen LogP contribution in [0.15, 0.2) is 42.0 Å². The fraction of sp³-hybridized carbons (Fsp3) is 0.227. The Balaban J connectivity index is 2.25. The van der Waals surface area contributed by atoms with Gasteiger partial charge in [0.25, 0.3) is 11.6 Å². The molecule has 0 bridgehead atoms. The van der Waals surface area contributed by atoms with Gasteiger partial charge in [-0.05, 0) is 49.2 Å². The lowest BCUT2D eigenvalue weighted by molar-refractivity contribution is -0.385. The van der Waals surface area contributed by atoms with Gasteiger partial charge >= 0.3 is 5.97 Å². The topological polar surface area (TPSA) is 132 Å². The Hall–Kier alpha value is -4.19. The Morgan fingerprint density at radius 2 is 1.97 bits per heavy atom. The smallest absolute Gasteiger partial charge is 0.343 e. The van der Waals surface area contributed by atoms with Crippen molar-refractivity contribution >= 4 is 23.6 Å². The van der Waals surface area contributed by atoms with Crippen molar-refractivity contribution in [3.63, 3.8) is 0 Å². The lowest BCUT2D eigenvalue weighted by atomic mass is 10.1. The van der Waals surface area contributed by atoms with Crippen LogP contribution < -0.4 is 14.8 Å². The second-order valence-electron chi connectivity index (χ2n) is 6.48. The highest BCUT2D eigenvalue weighted by Gasteiger charge is 2.17. The summed E-state index contributed by atoms with van der Waals surface area (Å²) in [6, 6.07) is 10.3. The average molecular weight is 423 g/mol. The number of nitriles is 1. The summed E-state index contributed by atoms with van der Waals surface area (Å²) in [6.45, 7) is 3.89. The minimum atomic E-state index is -0.712. The van der Waals surface area contributed by atoms with Gasteiger partial charge in [-0.25, -0.2) is 4.79 Å². The number of nitrogens with one attached hydrogen (secondary N) is 1. The third-order valence-electron chi connectivity index (χ3n) is 4.23. The molecule has 160 valence electrons. The monoisotopic (exact) mass is 423 g/mol. The molecule has 0 saturated heterocycles. The summed E-state index contributed by atoms with van der Waals surface area (Å²) in [4.78, 5) is 34.9. The number of nitro benzene ring substituents is 1. The Morgan fingerprint density at radius 1 is 1.23 bits per heavy atom. The third-order valence-corrected chi connectivity index (χ3v) is 4.23. The predicted octanol–water partition coefficient (Wildman–Crippen LogP) is 3.56. The molecule has 9 heteroatoms.